The van der Waals surface area contributed by atoms with E-state index in [0.29, 0.717) is 5.75 Å². The zero-order chi connectivity index (χ0) is 14.8. The summed E-state index contributed by atoms with van der Waals surface area (Å²) in [5.74, 6) is 0.00742. The molecule has 9 heteroatoms. The number of rotatable bonds is 5. The van der Waals surface area contributed by atoms with Gasteiger partial charge in [-0.1, -0.05) is 0 Å². The molecule has 4 N–H and O–H groups in total. The molecule has 0 bridgehead atoms. The fraction of sp³-hybridized carbons (Fsp3) is 0.364. The first-order valence-corrected chi connectivity index (χ1v) is 7.25. The van der Waals surface area contributed by atoms with E-state index < -0.39 is 29.3 Å². The first-order chi connectivity index (χ1) is 9.46. The summed E-state index contributed by atoms with van der Waals surface area (Å²) < 4.78 is 31.3. The van der Waals surface area contributed by atoms with E-state index in [1.54, 1.807) is 0 Å². The van der Waals surface area contributed by atoms with Crippen LogP contribution in [0.1, 0.15) is 0 Å². The summed E-state index contributed by atoms with van der Waals surface area (Å²) in [6, 6.07) is 3.00. The van der Waals surface area contributed by atoms with Crippen molar-refractivity contribution in [3.63, 3.8) is 0 Å². The van der Waals surface area contributed by atoms with Gasteiger partial charge in [-0.05, 0) is 18.2 Å². The molecule has 1 aromatic carbocycles. The Morgan fingerprint density at radius 2 is 2.05 bits per heavy atom. The zero-order valence-electron chi connectivity index (χ0n) is 10.4. The van der Waals surface area contributed by atoms with E-state index in [1.807, 2.05) is 0 Å². The first kappa shape index (κ1) is 14.7. The van der Waals surface area contributed by atoms with Crippen molar-refractivity contribution in [2.75, 3.05) is 25.1 Å². The number of ether oxygens (including phenoxy) is 1. The van der Waals surface area contributed by atoms with Gasteiger partial charge in [-0.25, -0.2) is 13.1 Å². The van der Waals surface area contributed by atoms with Gasteiger partial charge in [0.05, 0.1) is 29.8 Å². The Kier molecular flexibility index (Phi) is 4.23. The number of hydrogen-bond donors (Lipinski definition) is 4. The third kappa shape index (κ3) is 3.07. The minimum Gasteiger partial charge on any atom is -0.482 e. The van der Waals surface area contributed by atoms with E-state index in [4.69, 9.17) is 14.9 Å². The maximum atomic E-state index is 12.0. The lowest BCUT2D eigenvalue weighted by Gasteiger charge is -2.19. The molecule has 2 rings (SSSR count). The zero-order valence-corrected chi connectivity index (χ0v) is 11.2. The van der Waals surface area contributed by atoms with E-state index >= 15 is 0 Å². The molecule has 8 nitrogen and oxygen atoms in total. The summed E-state index contributed by atoms with van der Waals surface area (Å²) in [5.41, 5.74) is 0.258. The molecule has 0 atom stereocenters. The second kappa shape index (κ2) is 5.75. The number of nitrogens with one attached hydrogen (secondary N) is 2. The van der Waals surface area contributed by atoms with Gasteiger partial charge in [0.15, 0.2) is 6.61 Å². The highest BCUT2D eigenvalue weighted by Gasteiger charge is 2.23. The van der Waals surface area contributed by atoms with Crippen LogP contribution in [0.5, 0.6) is 5.75 Å². The SMILES string of the molecule is O=C1COc2ccc(S(=O)(=O)NC(CO)CO)cc2N1. The largest absolute Gasteiger partial charge is 0.482 e. The summed E-state index contributed by atoms with van der Waals surface area (Å²) in [6.07, 6.45) is 0. The number of anilines is 1. The van der Waals surface area contributed by atoms with Crippen LogP contribution in [-0.4, -0.2) is 50.4 Å². The number of aliphatic hydroxyl groups excluding tert-OH is 2. The molecule has 0 fully saturated rings. The third-order valence-corrected chi connectivity index (χ3v) is 4.17. The molecule has 0 aromatic heterocycles. The van der Waals surface area contributed by atoms with Gasteiger partial charge in [0.2, 0.25) is 10.0 Å². The van der Waals surface area contributed by atoms with E-state index in [9.17, 15) is 13.2 Å². The first-order valence-electron chi connectivity index (χ1n) is 5.77. The second-order valence-corrected chi connectivity index (χ2v) is 5.89. The summed E-state index contributed by atoms with van der Waals surface area (Å²) >= 11 is 0. The molecule has 0 saturated carbocycles. The molecule has 0 aliphatic carbocycles. The van der Waals surface area contributed by atoms with Crippen molar-refractivity contribution >= 4 is 21.6 Å². The lowest BCUT2D eigenvalue weighted by molar-refractivity contribution is -0.118. The lowest BCUT2D eigenvalue weighted by Crippen LogP contribution is -2.40. The van der Waals surface area contributed by atoms with Gasteiger partial charge < -0.3 is 20.3 Å². The lowest BCUT2D eigenvalue weighted by atomic mass is 10.2. The average Bonchev–Trinajstić information content (AvgIpc) is 2.43. The standard InChI is InChI=1S/C11H14N2O6S/c14-4-7(5-15)13-20(17,18)8-1-2-10-9(3-8)12-11(16)6-19-10/h1-3,7,13-15H,4-6H2,(H,12,16). The monoisotopic (exact) mass is 302 g/mol. The number of aliphatic hydroxyl groups is 2. The van der Waals surface area contributed by atoms with Crippen LogP contribution in [0.25, 0.3) is 0 Å². The highest BCUT2D eigenvalue weighted by molar-refractivity contribution is 7.89. The Morgan fingerprint density at radius 3 is 2.70 bits per heavy atom. The Morgan fingerprint density at radius 1 is 1.35 bits per heavy atom. The normalized spacial score (nSPS) is 14.7. The van der Waals surface area contributed by atoms with E-state index in [2.05, 4.69) is 10.0 Å². The number of amides is 1. The molecule has 0 spiro atoms. The molecule has 1 aliphatic heterocycles. The molecule has 1 aliphatic rings. The predicted octanol–water partition coefficient (Wildman–Crippen LogP) is -1.35. The summed E-state index contributed by atoms with van der Waals surface area (Å²) in [6.45, 7) is -1.17. The van der Waals surface area contributed by atoms with Crippen molar-refractivity contribution < 1.29 is 28.2 Å². The minimum atomic E-state index is -3.91. The van der Waals surface area contributed by atoms with Crippen molar-refractivity contribution in [3.8, 4) is 5.75 Å². The van der Waals surface area contributed by atoms with Gasteiger partial charge in [0.25, 0.3) is 5.91 Å². The Balaban J connectivity index is 2.29. The van der Waals surface area contributed by atoms with Crippen LogP contribution in [-0.2, 0) is 14.8 Å². The Hall–Kier alpha value is -1.68. The van der Waals surface area contributed by atoms with E-state index in [1.165, 1.54) is 18.2 Å². The number of carbonyl (C=O) groups is 1. The highest BCUT2D eigenvalue weighted by Crippen LogP contribution is 2.29. The van der Waals surface area contributed by atoms with Crippen molar-refractivity contribution in [2.45, 2.75) is 10.9 Å². The summed E-state index contributed by atoms with van der Waals surface area (Å²) in [4.78, 5) is 11.1. The number of carbonyl (C=O) groups excluding carboxylic acids is 1. The topological polar surface area (TPSA) is 125 Å². The van der Waals surface area contributed by atoms with Gasteiger partial charge in [0, 0.05) is 0 Å². The van der Waals surface area contributed by atoms with Crippen LogP contribution >= 0.6 is 0 Å². The molecule has 1 heterocycles. The summed E-state index contributed by atoms with van der Waals surface area (Å²) in [5, 5.41) is 20.3. The number of hydrogen-bond acceptors (Lipinski definition) is 6. The van der Waals surface area contributed by atoms with Crippen LogP contribution < -0.4 is 14.8 Å². The molecule has 1 amide bonds. The Bertz CT molecular complexity index is 611. The van der Waals surface area contributed by atoms with Gasteiger partial charge >= 0.3 is 0 Å². The maximum absolute atomic E-state index is 12.0. The highest BCUT2D eigenvalue weighted by atomic mass is 32.2. The minimum absolute atomic E-state index is 0.103. The molecular formula is C11H14N2O6S. The summed E-state index contributed by atoms with van der Waals surface area (Å²) in [7, 11) is -3.91. The van der Waals surface area contributed by atoms with Gasteiger partial charge in [-0.3, -0.25) is 4.79 Å². The molecule has 110 valence electrons. The quantitative estimate of drug-likeness (QED) is 0.533. The maximum Gasteiger partial charge on any atom is 0.262 e. The van der Waals surface area contributed by atoms with Gasteiger partial charge in [0.1, 0.15) is 5.75 Å². The van der Waals surface area contributed by atoms with Gasteiger partial charge in [-0.15, -0.1) is 0 Å². The van der Waals surface area contributed by atoms with Crippen LogP contribution in [0, 0.1) is 0 Å². The molecule has 0 radical (unpaired) electrons. The fourth-order valence-corrected chi connectivity index (χ4v) is 2.89. The molecule has 1 aromatic rings. The van der Waals surface area contributed by atoms with Crippen molar-refractivity contribution in [1.82, 2.24) is 4.72 Å². The van der Waals surface area contributed by atoms with E-state index in [-0.39, 0.29) is 23.1 Å². The van der Waals surface area contributed by atoms with Gasteiger partial charge in [-0.2, -0.15) is 0 Å². The third-order valence-electron chi connectivity index (χ3n) is 2.66. The van der Waals surface area contributed by atoms with E-state index in [0.717, 1.165) is 0 Å². The van der Waals surface area contributed by atoms with Crippen molar-refractivity contribution in [1.29, 1.82) is 0 Å². The second-order valence-electron chi connectivity index (χ2n) is 4.18. The number of sulfonamides is 1. The number of fused-ring (bicyclic) bond motifs is 1. The van der Waals surface area contributed by atoms with Crippen molar-refractivity contribution in [3.05, 3.63) is 18.2 Å². The molecular weight excluding hydrogens is 288 g/mol. The predicted molar refractivity (Wildman–Crippen MR) is 68.8 cm³/mol. The van der Waals surface area contributed by atoms with Crippen LogP contribution in [0.4, 0.5) is 5.69 Å². The molecule has 20 heavy (non-hydrogen) atoms. The number of benzene rings is 1. The van der Waals surface area contributed by atoms with Crippen molar-refractivity contribution in [2.24, 2.45) is 0 Å². The fourth-order valence-electron chi connectivity index (χ4n) is 1.65. The van der Waals surface area contributed by atoms with Crippen LogP contribution in [0.2, 0.25) is 0 Å². The Labute approximate surface area is 115 Å². The average molecular weight is 302 g/mol. The van der Waals surface area contributed by atoms with Crippen LogP contribution in [0.3, 0.4) is 0 Å². The van der Waals surface area contributed by atoms with Crippen LogP contribution in [0.15, 0.2) is 23.1 Å². The molecule has 0 saturated heterocycles. The smallest absolute Gasteiger partial charge is 0.262 e. The molecule has 0 unspecified atom stereocenters.